The maximum atomic E-state index is 12.2. The standard InChI is InChI=1S/C19H22ClN3O3/c20-17-3-1-15(2-4-17)13-26-19(25)23-9-6-14(7-10-23)11-22-18(24)16-5-8-21-12-16/h1-5,8,12,14,21H,6-7,9-11,13H2,(H,22,24). The van der Waals surface area contributed by atoms with E-state index in [4.69, 9.17) is 16.3 Å². The van der Waals surface area contributed by atoms with Gasteiger partial charge in [0.25, 0.3) is 5.91 Å². The summed E-state index contributed by atoms with van der Waals surface area (Å²) in [7, 11) is 0. The Morgan fingerprint density at radius 3 is 2.58 bits per heavy atom. The lowest BCUT2D eigenvalue weighted by Crippen LogP contribution is -2.41. The number of hydrogen-bond donors (Lipinski definition) is 2. The highest BCUT2D eigenvalue weighted by atomic mass is 35.5. The summed E-state index contributed by atoms with van der Waals surface area (Å²) in [5.41, 5.74) is 1.54. The Hall–Kier alpha value is -2.47. The van der Waals surface area contributed by atoms with Gasteiger partial charge >= 0.3 is 6.09 Å². The third kappa shape index (κ3) is 5.02. The Labute approximate surface area is 157 Å². The minimum Gasteiger partial charge on any atom is -0.445 e. The highest BCUT2D eigenvalue weighted by Crippen LogP contribution is 2.18. The quantitative estimate of drug-likeness (QED) is 0.840. The lowest BCUT2D eigenvalue weighted by molar-refractivity contribution is 0.0801. The second-order valence-electron chi connectivity index (χ2n) is 6.42. The van der Waals surface area contributed by atoms with Gasteiger partial charge in [0.2, 0.25) is 0 Å². The molecular formula is C19H22ClN3O3. The van der Waals surface area contributed by atoms with Gasteiger partial charge in [0.05, 0.1) is 5.56 Å². The van der Waals surface area contributed by atoms with E-state index in [0.717, 1.165) is 18.4 Å². The molecule has 1 aromatic carbocycles. The molecule has 7 heteroatoms. The van der Waals surface area contributed by atoms with Crippen LogP contribution in [-0.4, -0.2) is 41.5 Å². The summed E-state index contributed by atoms with van der Waals surface area (Å²) >= 11 is 5.84. The van der Waals surface area contributed by atoms with E-state index in [-0.39, 0.29) is 18.6 Å². The number of amides is 2. The van der Waals surface area contributed by atoms with Crippen molar-refractivity contribution in [3.63, 3.8) is 0 Å². The molecule has 2 N–H and O–H groups in total. The fraction of sp³-hybridized carbons (Fsp3) is 0.368. The van der Waals surface area contributed by atoms with Crippen molar-refractivity contribution in [1.82, 2.24) is 15.2 Å². The number of aromatic nitrogens is 1. The van der Waals surface area contributed by atoms with Gasteiger partial charge in [-0.25, -0.2) is 4.79 Å². The molecule has 1 aromatic heterocycles. The molecule has 2 heterocycles. The van der Waals surface area contributed by atoms with E-state index in [2.05, 4.69) is 10.3 Å². The van der Waals surface area contributed by atoms with E-state index in [1.165, 1.54) is 0 Å². The largest absolute Gasteiger partial charge is 0.445 e. The first-order valence-corrected chi connectivity index (χ1v) is 9.07. The third-order valence-corrected chi connectivity index (χ3v) is 4.81. The van der Waals surface area contributed by atoms with Crippen LogP contribution in [0.15, 0.2) is 42.7 Å². The average Bonchev–Trinajstić information content (AvgIpc) is 3.21. The lowest BCUT2D eigenvalue weighted by atomic mass is 9.97. The Kier molecular flexibility index (Phi) is 6.17. The molecule has 3 rings (SSSR count). The Morgan fingerprint density at radius 2 is 1.92 bits per heavy atom. The van der Waals surface area contributed by atoms with Crippen LogP contribution in [0.3, 0.4) is 0 Å². The van der Waals surface area contributed by atoms with Crippen molar-refractivity contribution < 1.29 is 14.3 Å². The van der Waals surface area contributed by atoms with Crippen LogP contribution in [-0.2, 0) is 11.3 Å². The number of hydrogen-bond acceptors (Lipinski definition) is 3. The first-order valence-electron chi connectivity index (χ1n) is 8.69. The maximum absolute atomic E-state index is 12.2. The van der Waals surface area contributed by atoms with Gasteiger partial charge in [-0.1, -0.05) is 23.7 Å². The monoisotopic (exact) mass is 375 g/mol. The number of carbonyl (C=O) groups excluding carboxylic acids is 2. The molecule has 138 valence electrons. The van der Waals surface area contributed by atoms with Gasteiger partial charge in [-0.3, -0.25) is 4.79 Å². The molecule has 0 saturated carbocycles. The SMILES string of the molecule is O=C(NCC1CCN(C(=O)OCc2ccc(Cl)cc2)CC1)c1cc[nH]c1. The fourth-order valence-corrected chi connectivity index (χ4v) is 3.07. The number of carbonyl (C=O) groups is 2. The number of aromatic amines is 1. The van der Waals surface area contributed by atoms with Crippen molar-refractivity contribution >= 4 is 23.6 Å². The van der Waals surface area contributed by atoms with E-state index in [0.29, 0.717) is 36.1 Å². The molecule has 1 aliphatic rings. The molecular weight excluding hydrogens is 354 g/mol. The van der Waals surface area contributed by atoms with E-state index < -0.39 is 0 Å². The third-order valence-electron chi connectivity index (χ3n) is 4.56. The molecule has 2 amide bonds. The normalized spacial score (nSPS) is 14.9. The summed E-state index contributed by atoms with van der Waals surface area (Å²) in [5.74, 6) is 0.300. The zero-order valence-electron chi connectivity index (χ0n) is 14.4. The van der Waals surface area contributed by atoms with Crippen molar-refractivity contribution in [2.45, 2.75) is 19.4 Å². The molecule has 0 aliphatic carbocycles. The number of piperidine rings is 1. The molecule has 1 aliphatic heterocycles. The molecule has 0 atom stereocenters. The highest BCUT2D eigenvalue weighted by molar-refractivity contribution is 6.30. The van der Waals surface area contributed by atoms with E-state index >= 15 is 0 Å². The zero-order valence-corrected chi connectivity index (χ0v) is 15.2. The lowest BCUT2D eigenvalue weighted by Gasteiger charge is -2.31. The molecule has 26 heavy (non-hydrogen) atoms. The van der Waals surface area contributed by atoms with E-state index in [1.807, 2.05) is 12.1 Å². The Morgan fingerprint density at radius 1 is 1.19 bits per heavy atom. The van der Waals surface area contributed by atoms with E-state index in [1.54, 1.807) is 35.5 Å². The number of rotatable bonds is 5. The van der Waals surface area contributed by atoms with Crippen molar-refractivity contribution in [2.24, 2.45) is 5.92 Å². The molecule has 1 saturated heterocycles. The van der Waals surface area contributed by atoms with Crippen LogP contribution < -0.4 is 5.32 Å². The molecule has 6 nitrogen and oxygen atoms in total. The minimum atomic E-state index is -0.297. The molecule has 2 aromatic rings. The average molecular weight is 376 g/mol. The smallest absolute Gasteiger partial charge is 0.410 e. The number of nitrogens with one attached hydrogen (secondary N) is 2. The molecule has 0 spiro atoms. The number of halogens is 1. The summed E-state index contributed by atoms with van der Waals surface area (Å²) in [4.78, 5) is 28.7. The van der Waals surface area contributed by atoms with Crippen molar-refractivity contribution in [1.29, 1.82) is 0 Å². The van der Waals surface area contributed by atoms with Gasteiger partial charge in [-0.05, 0) is 42.5 Å². The Bertz CT molecular complexity index is 723. The van der Waals surface area contributed by atoms with Gasteiger partial charge in [0, 0.05) is 37.1 Å². The number of benzene rings is 1. The molecule has 0 unspecified atom stereocenters. The summed E-state index contributed by atoms with van der Waals surface area (Å²) in [6.45, 7) is 2.15. The topological polar surface area (TPSA) is 74.4 Å². The first kappa shape index (κ1) is 18.3. The van der Waals surface area contributed by atoms with E-state index in [9.17, 15) is 9.59 Å². The van der Waals surface area contributed by atoms with Gasteiger partial charge in [-0.15, -0.1) is 0 Å². The molecule has 0 radical (unpaired) electrons. The summed E-state index contributed by atoms with van der Waals surface area (Å²) in [6, 6.07) is 8.98. The zero-order chi connectivity index (χ0) is 18.4. The van der Waals surface area contributed by atoms with Crippen LogP contribution in [0.1, 0.15) is 28.8 Å². The molecule has 1 fully saturated rings. The summed E-state index contributed by atoms with van der Waals surface area (Å²) in [5, 5.41) is 3.60. The maximum Gasteiger partial charge on any atom is 0.410 e. The fourth-order valence-electron chi connectivity index (χ4n) is 2.94. The number of nitrogens with zero attached hydrogens (tertiary/aromatic N) is 1. The van der Waals surface area contributed by atoms with Crippen LogP contribution in [0.5, 0.6) is 0 Å². The number of ether oxygens (including phenoxy) is 1. The van der Waals surface area contributed by atoms with Crippen LogP contribution >= 0.6 is 11.6 Å². The van der Waals surface area contributed by atoms with Gasteiger partial charge in [0.15, 0.2) is 0 Å². The van der Waals surface area contributed by atoms with Gasteiger partial charge in [-0.2, -0.15) is 0 Å². The van der Waals surface area contributed by atoms with Crippen molar-refractivity contribution in [2.75, 3.05) is 19.6 Å². The molecule has 0 bridgehead atoms. The number of likely N-dealkylation sites (tertiary alicyclic amines) is 1. The van der Waals surface area contributed by atoms with Crippen LogP contribution in [0.25, 0.3) is 0 Å². The summed E-state index contributed by atoms with van der Waals surface area (Å²) < 4.78 is 5.36. The van der Waals surface area contributed by atoms with Crippen molar-refractivity contribution in [3.05, 3.63) is 58.9 Å². The van der Waals surface area contributed by atoms with Crippen LogP contribution in [0, 0.1) is 5.92 Å². The van der Waals surface area contributed by atoms with Crippen molar-refractivity contribution in [3.8, 4) is 0 Å². The number of H-pyrrole nitrogens is 1. The van der Waals surface area contributed by atoms with Crippen LogP contribution in [0.4, 0.5) is 4.79 Å². The summed E-state index contributed by atoms with van der Waals surface area (Å²) in [6.07, 6.45) is 4.81. The van der Waals surface area contributed by atoms with Gasteiger partial charge < -0.3 is 19.9 Å². The minimum absolute atomic E-state index is 0.0731. The predicted molar refractivity (Wildman–Crippen MR) is 99.1 cm³/mol. The second kappa shape index (κ2) is 8.76. The Balaban J connectivity index is 1.37. The first-order chi connectivity index (χ1) is 12.6. The van der Waals surface area contributed by atoms with Crippen LogP contribution in [0.2, 0.25) is 5.02 Å². The second-order valence-corrected chi connectivity index (χ2v) is 6.86. The highest BCUT2D eigenvalue weighted by Gasteiger charge is 2.24. The predicted octanol–water partition coefficient (Wildman–Crippen LogP) is 3.45. The van der Waals surface area contributed by atoms with Gasteiger partial charge in [0.1, 0.15) is 6.61 Å².